The van der Waals surface area contributed by atoms with E-state index >= 15 is 0 Å². The third kappa shape index (κ3) is 2.99. The summed E-state index contributed by atoms with van der Waals surface area (Å²) in [4.78, 5) is 37.3. The second-order valence-electron chi connectivity index (χ2n) is 5.84. The molecule has 0 spiro atoms. The van der Waals surface area contributed by atoms with Crippen molar-refractivity contribution >= 4 is 40.9 Å². The number of nitrogens with one attached hydrogen (secondary N) is 1. The first-order valence-corrected chi connectivity index (χ1v) is 8.63. The second kappa shape index (κ2) is 6.57. The van der Waals surface area contributed by atoms with Gasteiger partial charge in [0, 0.05) is 23.6 Å². The first kappa shape index (κ1) is 17.3. The molecule has 134 valence electrons. The molecule has 0 aliphatic carbocycles. The largest absolute Gasteiger partial charge is 0.324 e. The Morgan fingerprint density at radius 2 is 1.37 bits per heavy atom. The van der Waals surface area contributed by atoms with E-state index < -0.39 is 17.7 Å². The Bertz CT molecular complexity index is 1040. The lowest BCUT2D eigenvalue weighted by Crippen LogP contribution is -2.45. The molecule has 0 radical (unpaired) electrons. The van der Waals surface area contributed by atoms with Gasteiger partial charge >= 0.3 is 0 Å². The summed E-state index contributed by atoms with van der Waals surface area (Å²) in [5.74, 6) is -1.91. The van der Waals surface area contributed by atoms with Crippen molar-refractivity contribution in [2.45, 2.75) is 0 Å². The molecule has 2 heterocycles. The summed E-state index contributed by atoms with van der Waals surface area (Å²) in [6.07, 6.45) is 3.76. The highest BCUT2D eigenvalue weighted by Crippen LogP contribution is 2.30. The van der Waals surface area contributed by atoms with Crippen LogP contribution in [0.3, 0.4) is 0 Å². The smallest absolute Gasteiger partial charge is 0.280 e. The summed E-state index contributed by atoms with van der Waals surface area (Å²) >= 11 is 11.8. The summed E-state index contributed by atoms with van der Waals surface area (Å²) < 4.78 is 1.89. The van der Waals surface area contributed by atoms with Crippen molar-refractivity contribution in [1.29, 1.82) is 0 Å². The monoisotopic (exact) mass is 399 g/mol. The van der Waals surface area contributed by atoms with Gasteiger partial charge in [-0.25, -0.2) is 0 Å². The van der Waals surface area contributed by atoms with Gasteiger partial charge in [-0.1, -0.05) is 23.2 Å². The molecule has 1 N–H and O–H groups in total. The number of hydrogen-bond acceptors (Lipinski definition) is 3. The van der Waals surface area contributed by atoms with E-state index in [1.165, 1.54) is 12.1 Å². The van der Waals surface area contributed by atoms with Crippen molar-refractivity contribution < 1.29 is 14.4 Å². The van der Waals surface area contributed by atoms with Gasteiger partial charge in [-0.2, -0.15) is 5.01 Å². The lowest BCUT2D eigenvalue weighted by Gasteiger charge is -2.15. The molecule has 3 aromatic rings. The number of aromatic nitrogens is 1. The van der Waals surface area contributed by atoms with Crippen LogP contribution in [0.1, 0.15) is 31.1 Å². The molecule has 1 aliphatic heterocycles. The number of benzene rings is 2. The van der Waals surface area contributed by atoms with Gasteiger partial charge in [0.15, 0.2) is 0 Å². The van der Waals surface area contributed by atoms with E-state index in [0.717, 1.165) is 5.69 Å². The predicted octanol–water partition coefficient (Wildman–Crippen LogP) is 3.73. The molecule has 0 saturated carbocycles. The van der Waals surface area contributed by atoms with Crippen molar-refractivity contribution in [2.24, 2.45) is 0 Å². The third-order valence-corrected chi connectivity index (χ3v) is 4.90. The normalized spacial score (nSPS) is 13.0. The molecule has 2 aromatic carbocycles. The van der Waals surface area contributed by atoms with Crippen molar-refractivity contribution in [3.8, 4) is 5.69 Å². The Morgan fingerprint density at radius 3 is 1.89 bits per heavy atom. The van der Waals surface area contributed by atoms with Crippen LogP contribution >= 0.6 is 23.2 Å². The van der Waals surface area contributed by atoms with Gasteiger partial charge in [0.1, 0.15) is 0 Å². The van der Waals surface area contributed by atoms with Crippen LogP contribution in [-0.2, 0) is 0 Å². The van der Waals surface area contributed by atoms with Crippen LogP contribution in [0.15, 0.2) is 60.9 Å². The maximum atomic E-state index is 12.5. The van der Waals surface area contributed by atoms with Crippen LogP contribution in [0.25, 0.3) is 5.69 Å². The Balaban J connectivity index is 1.55. The average Bonchev–Trinajstić information content (AvgIpc) is 3.27. The fourth-order valence-corrected chi connectivity index (χ4v) is 3.12. The van der Waals surface area contributed by atoms with E-state index in [4.69, 9.17) is 23.2 Å². The highest BCUT2D eigenvalue weighted by Gasteiger charge is 2.37. The average molecular weight is 400 g/mol. The molecule has 0 bridgehead atoms. The number of carbonyl (C=O) groups excluding carboxylic acids is 3. The maximum Gasteiger partial charge on any atom is 0.280 e. The number of nitrogens with zero attached hydrogens (tertiary/aromatic N) is 2. The van der Waals surface area contributed by atoms with E-state index in [2.05, 4.69) is 5.43 Å². The third-order valence-electron chi connectivity index (χ3n) is 4.17. The number of hydrogen-bond donors (Lipinski definition) is 1. The Hall–Kier alpha value is -3.09. The number of rotatable bonds is 3. The first-order valence-electron chi connectivity index (χ1n) is 7.88. The molecule has 1 aliphatic rings. The Labute approximate surface area is 163 Å². The quantitative estimate of drug-likeness (QED) is 0.682. The zero-order chi connectivity index (χ0) is 19.1. The van der Waals surface area contributed by atoms with Crippen LogP contribution in [0.2, 0.25) is 10.0 Å². The molecule has 6 nitrogen and oxygen atoms in total. The van der Waals surface area contributed by atoms with E-state index in [-0.39, 0.29) is 21.2 Å². The number of fused-ring (bicyclic) bond motifs is 1. The van der Waals surface area contributed by atoms with Crippen LogP contribution < -0.4 is 5.43 Å². The standard InChI is InChI=1S/C19H11Cl2N3O3/c20-15-9-13-14(10-16(15)21)19(27)24(18(13)26)22-17(25)11-3-5-12(6-4-11)23-7-1-2-8-23/h1-10H,(H,22,25). The SMILES string of the molecule is O=C(NN1C(=O)c2cc(Cl)c(Cl)cc2C1=O)c1ccc(-n2cccc2)cc1. The fraction of sp³-hybridized carbons (Fsp3) is 0. The van der Waals surface area contributed by atoms with Gasteiger partial charge in [-0.3, -0.25) is 19.8 Å². The Morgan fingerprint density at radius 1 is 0.852 bits per heavy atom. The summed E-state index contributed by atoms with van der Waals surface area (Å²) in [7, 11) is 0. The summed E-state index contributed by atoms with van der Waals surface area (Å²) in [6, 6.07) is 13.2. The molecule has 27 heavy (non-hydrogen) atoms. The summed E-state index contributed by atoms with van der Waals surface area (Å²) in [6.45, 7) is 0. The fourth-order valence-electron chi connectivity index (χ4n) is 2.79. The molecule has 0 unspecified atom stereocenters. The van der Waals surface area contributed by atoms with Crippen LogP contribution in [0, 0.1) is 0 Å². The van der Waals surface area contributed by atoms with Crippen LogP contribution in [-0.4, -0.2) is 27.3 Å². The lowest BCUT2D eigenvalue weighted by atomic mass is 10.1. The van der Waals surface area contributed by atoms with E-state index in [1.807, 2.05) is 29.1 Å². The molecule has 0 atom stereocenters. The van der Waals surface area contributed by atoms with E-state index in [9.17, 15) is 14.4 Å². The van der Waals surface area contributed by atoms with Gasteiger partial charge in [-0.05, 0) is 48.5 Å². The number of imide groups is 1. The van der Waals surface area contributed by atoms with Crippen molar-refractivity contribution in [3.05, 3.63) is 87.7 Å². The molecule has 0 saturated heterocycles. The van der Waals surface area contributed by atoms with E-state index in [0.29, 0.717) is 10.6 Å². The molecular formula is C19H11Cl2N3O3. The van der Waals surface area contributed by atoms with Crippen molar-refractivity contribution in [3.63, 3.8) is 0 Å². The van der Waals surface area contributed by atoms with Gasteiger partial charge in [0.2, 0.25) is 0 Å². The lowest BCUT2D eigenvalue weighted by molar-refractivity contribution is 0.0518. The number of halogens is 2. The Kier molecular flexibility index (Phi) is 4.22. The minimum absolute atomic E-state index is 0.0951. The minimum atomic E-state index is -0.661. The molecule has 3 amide bonds. The zero-order valence-electron chi connectivity index (χ0n) is 13.6. The summed E-state index contributed by atoms with van der Waals surface area (Å²) in [5.41, 5.74) is 3.71. The first-order chi connectivity index (χ1) is 13.0. The minimum Gasteiger partial charge on any atom is -0.324 e. The van der Waals surface area contributed by atoms with Crippen LogP contribution in [0.5, 0.6) is 0 Å². The molecule has 8 heteroatoms. The second-order valence-corrected chi connectivity index (χ2v) is 6.65. The van der Waals surface area contributed by atoms with Crippen LogP contribution in [0.4, 0.5) is 0 Å². The van der Waals surface area contributed by atoms with Crippen molar-refractivity contribution in [1.82, 2.24) is 15.0 Å². The maximum absolute atomic E-state index is 12.5. The summed E-state index contributed by atoms with van der Waals surface area (Å²) in [5, 5.41) is 0.982. The van der Waals surface area contributed by atoms with Gasteiger partial charge < -0.3 is 4.57 Å². The number of carbonyl (C=O) groups is 3. The van der Waals surface area contributed by atoms with Gasteiger partial charge in [-0.15, -0.1) is 0 Å². The molecular weight excluding hydrogens is 389 g/mol. The molecule has 1 aromatic heterocycles. The predicted molar refractivity (Wildman–Crippen MR) is 100 cm³/mol. The van der Waals surface area contributed by atoms with Gasteiger partial charge in [0.25, 0.3) is 17.7 Å². The van der Waals surface area contributed by atoms with E-state index in [1.54, 1.807) is 24.3 Å². The molecule has 4 rings (SSSR count). The molecule has 0 fully saturated rings. The highest BCUT2D eigenvalue weighted by molar-refractivity contribution is 6.43. The number of amides is 3. The highest BCUT2D eigenvalue weighted by atomic mass is 35.5. The topological polar surface area (TPSA) is 71.4 Å². The zero-order valence-corrected chi connectivity index (χ0v) is 15.2. The van der Waals surface area contributed by atoms with Crippen molar-refractivity contribution in [2.75, 3.05) is 0 Å². The van der Waals surface area contributed by atoms with Gasteiger partial charge in [0.05, 0.1) is 21.2 Å². The number of hydrazine groups is 1.